The Bertz CT molecular complexity index is 528. The van der Waals surface area contributed by atoms with Gasteiger partial charge in [-0.2, -0.15) is 0 Å². The zero-order valence-electron chi connectivity index (χ0n) is 14.0. The summed E-state index contributed by atoms with van der Waals surface area (Å²) in [6, 6.07) is 0. The maximum absolute atomic E-state index is 13.7. The van der Waals surface area contributed by atoms with Gasteiger partial charge in [0, 0.05) is 33.3 Å². The van der Waals surface area contributed by atoms with E-state index in [1.54, 1.807) is 4.68 Å². The molecule has 2 fully saturated rings. The van der Waals surface area contributed by atoms with E-state index in [9.17, 15) is 8.78 Å². The van der Waals surface area contributed by atoms with Gasteiger partial charge in [-0.15, -0.1) is 5.10 Å². The summed E-state index contributed by atoms with van der Waals surface area (Å²) in [5, 5.41) is 8.06. The molecule has 1 aromatic rings. The fourth-order valence-corrected chi connectivity index (χ4v) is 3.75. The van der Waals surface area contributed by atoms with E-state index in [1.807, 2.05) is 13.2 Å². The van der Waals surface area contributed by atoms with Crippen LogP contribution in [-0.2, 0) is 18.2 Å². The Kier molecular flexibility index (Phi) is 4.69. The van der Waals surface area contributed by atoms with Gasteiger partial charge >= 0.3 is 0 Å². The first-order valence-corrected chi connectivity index (χ1v) is 8.38. The van der Waals surface area contributed by atoms with Crippen LogP contribution in [0.15, 0.2) is 6.20 Å². The van der Waals surface area contributed by atoms with Crippen LogP contribution in [-0.4, -0.2) is 59.2 Å². The number of piperidine rings is 1. The van der Waals surface area contributed by atoms with Gasteiger partial charge in [0.15, 0.2) is 0 Å². The van der Waals surface area contributed by atoms with Gasteiger partial charge in [-0.05, 0) is 44.7 Å². The largest absolute Gasteiger partial charge is 0.384 e. The molecule has 2 aliphatic rings. The molecular formula is C16H26F2N4O. The Labute approximate surface area is 136 Å². The lowest BCUT2D eigenvalue weighted by Gasteiger charge is -2.34. The van der Waals surface area contributed by atoms with Crippen LogP contribution < -0.4 is 0 Å². The monoisotopic (exact) mass is 328 g/mol. The molecular weight excluding hydrogens is 302 g/mol. The topological polar surface area (TPSA) is 43.2 Å². The molecule has 1 saturated heterocycles. The number of hydrogen-bond acceptors (Lipinski definition) is 4. The van der Waals surface area contributed by atoms with E-state index < -0.39 is 11.3 Å². The van der Waals surface area contributed by atoms with Crippen LogP contribution in [0.5, 0.6) is 0 Å². The van der Waals surface area contributed by atoms with Gasteiger partial charge in [0.2, 0.25) is 0 Å². The molecule has 5 nitrogen and oxygen atoms in total. The van der Waals surface area contributed by atoms with E-state index in [2.05, 4.69) is 15.2 Å². The third kappa shape index (κ3) is 3.71. The van der Waals surface area contributed by atoms with Crippen molar-refractivity contribution < 1.29 is 13.5 Å². The number of hydrogen-bond donors (Lipinski definition) is 0. The van der Waals surface area contributed by atoms with Crippen molar-refractivity contribution in [1.82, 2.24) is 19.9 Å². The number of alkyl halides is 2. The molecule has 1 saturated carbocycles. The first kappa shape index (κ1) is 16.8. The number of aromatic nitrogens is 3. The summed E-state index contributed by atoms with van der Waals surface area (Å²) in [4.78, 5) is 2.19. The highest BCUT2D eigenvalue weighted by Crippen LogP contribution is 2.61. The van der Waals surface area contributed by atoms with Gasteiger partial charge in [-0.25, -0.2) is 8.78 Å². The number of rotatable bonds is 7. The van der Waals surface area contributed by atoms with Crippen molar-refractivity contribution in [2.75, 3.05) is 33.4 Å². The average Bonchev–Trinajstić information content (AvgIpc) is 2.81. The summed E-state index contributed by atoms with van der Waals surface area (Å²) in [5.74, 6) is -1.89. The minimum atomic E-state index is -2.55. The molecule has 1 atom stereocenters. The second-order valence-electron chi connectivity index (χ2n) is 7.24. The van der Waals surface area contributed by atoms with Crippen LogP contribution >= 0.6 is 0 Å². The molecule has 130 valence electrons. The number of methoxy groups -OCH3 is 1. The Hall–Kier alpha value is -1.08. The maximum atomic E-state index is 13.7. The summed E-state index contributed by atoms with van der Waals surface area (Å²) in [6.45, 7) is 2.44. The zero-order valence-corrected chi connectivity index (χ0v) is 14.0. The lowest BCUT2D eigenvalue weighted by atomic mass is 9.91. The third-order valence-corrected chi connectivity index (χ3v) is 5.32. The second-order valence-corrected chi connectivity index (χ2v) is 7.24. The van der Waals surface area contributed by atoms with Crippen LogP contribution in [0.4, 0.5) is 8.78 Å². The maximum Gasteiger partial charge on any atom is 0.258 e. The van der Waals surface area contributed by atoms with E-state index in [0.29, 0.717) is 12.5 Å². The number of aryl methyl sites for hydroxylation is 2. The fourth-order valence-electron chi connectivity index (χ4n) is 3.75. The summed E-state index contributed by atoms with van der Waals surface area (Å²) in [7, 11) is 3.38. The number of likely N-dealkylation sites (tertiary alicyclic amines) is 1. The van der Waals surface area contributed by atoms with Crippen molar-refractivity contribution >= 4 is 0 Å². The number of ether oxygens (including phenoxy) is 1. The molecule has 0 unspecified atom stereocenters. The lowest BCUT2D eigenvalue weighted by Crippen LogP contribution is -2.40. The van der Waals surface area contributed by atoms with Crippen molar-refractivity contribution in [1.29, 1.82) is 0 Å². The Morgan fingerprint density at radius 3 is 2.57 bits per heavy atom. The molecule has 2 heterocycles. The molecule has 1 aliphatic carbocycles. The first-order valence-electron chi connectivity index (χ1n) is 8.38. The molecule has 0 amide bonds. The Balaban J connectivity index is 1.42. The molecule has 0 aromatic carbocycles. The SMILES string of the molecule is COC[C@]1(CN2CCC(CCc3cn(C)nn3)CC2)CC1(F)F. The van der Waals surface area contributed by atoms with Gasteiger partial charge in [-0.1, -0.05) is 5.21 Å². The summed E-state index contributed by atoms with van der Waals surface area (Å²) >= 11 is 0. The predicted molar refractivity (Wildman–Crippen MR) is 82.4 cm³/mol. The quantitative estimate of drug-likeness (QED) is 0.769. The van der Waals surface area contributed by atoms with Crippen LogP contribution in [0.25, 0.3) is 0 Å². The predicted octanol–water partition coefficient (Wildman–Crippen LogP) is 2.13. The molecule has 23 heavy (non-hydrogen) atoms. The average molecular weight is 328 g/mol. The minimum absolute atomic E-state index is 0.0273. The highest BCUT2D eigenvalue weighted by Gasteiger charge is 2.71. The number of halogens is 2. The summed E-state index contributed by atoms with van der Waals surface area (Å²) in [6.07, 6.45) is 6.14. The van der Waals surface area contributed by atoms with Gasteiger partial charge in [0.1, 0.15) is 0 Å². The van der Waals surface area contributed by atoms with E-state index in [-0.39, 0.29) is 13.0 Å². The molecule has 1 aliphatic heterocycles. The van der Waals surface area contributed by atoms with Gasteiger partial charge in [0.05, 0.1) is 17.7 Å². The standard InChI is InChI=1S/C16H26F2N4O/c1-21-9-14(19-20-21)4-3-13-5-7-22(8-6-13)11-15(12-23-2)10-16(15,17)18/h9,13H,3-8,10-12H2,1-2H3/t15-/m1/s1. The normalized spacial score (nSPS) is 28.2. The molecule has 0 bridgehead atoms. The van der Waals surface area contributed by atoms with Gasteiger partial charge in [-0.3, -0.25) is 4.68 Å². The second kappa shape index (κ2) is 6.43. The van der Waals surface area contributed by atoms with Crippen molar-refractivity contribution in [2.45, 2.75) is 38.0 Å². The summed E-state index contributed by atoms with van der Waals surface area (Å²) < 4.78 is 34.1. The van der Waals surface area contributed by atoms with Crippen LogP contribution in [0.3, 0.4) is 0 Å². The first-order chi connectivity index (χ1) is 10.9. The summed E-state index contributed by atoms with van der Waals surface area (Å²) in [5.41, 5.74) is 0.0976. The molecule has 0 radical (unpaired) electrons. The van der Waals surface area contributed by atoms with E-state index in [1.165, 1.54) is 7.11 Å². The fraction of sp³-hybridized carbons (Fsp3) is 0.875. The Morgan fingerprint density at radius 1 is 1.35 bits per heavy atom. The van der Waals surface area contributed by atoms with Gasteiger partial charge < -0.3 is 9.64 Å². The Morgan fingerprint density at radius 2 is 2.04 bits per heavy atom. The van der Waals surface area contributed by atoms with Crippen LogP contribution in [0, 0.1) is 11.3 Å². The van der Waals surface area contributed by atoms with Crippen LogP contribution in [0.2, 0.25) is 0 Å². The lowest BCUT2D eigenvalue weighted by molar-refractivity contribution is 0.000750. The van der Waals surface area contributed by atoms with Gasteiger partial charge in [0.25, 0.3) is 5.92 Å². The van der Waals surface area contributed by atoms with Crippen LogP contribution in [0.1, 0.15) is 31.4 Å². The molecule has 0 N–H and O–H groups in total. The van der Waals surface area contributed by atoms with E-state index in [4.69, 9.17) is 4.74 Å². The molecule has 7 heteroatoms. The zero-order chi connectivity index (χ0) is 16.5. The molecule has 1 aromatic heterocycles. The smallest absolute Gasteiger partial charge is 0.258 e. The highest BCUT2D eigenvalue weighted by molar-refractivity contribution is 5.11. The highest BCUT2D eigenvalue weighted by atomic mass is 19.3. The van der Waals surface area contributed by atoms with Crippen molar-refractivity contribution in [3.8, 4) is 0 Å². The third-order valence-electron chi connectivity index (χ3n) is 5.32. The number of nitrogens with zero attached hydrogens (tertiary/aromatic N) is 4. The van der Waals surface area contributed by atoms with E-state index >= 15 is 0 Å². The van der Waals surface area contributed by atoms with Crippen molar-refractivity contribution in [2.24, 2.45) is 18.4 Å². The molecule has 0 spiro atoms. The van der Waals surface area contributed by atoms with Crippen molar-refractivity contribution in [3.63, 3.8) is 0 Å². The van der Waals surface area contributed by atoms with E-state index in [0.717, 1.165) is 44.5 Å². The minimum Gasteiger partial charge on any atom is -0.384 e. The van der Waals surface area contributed by atoms with Crippen molar-refractivity contribution in [3.05, 3.63) is 11.9 Å². The molecule has 3 rings (SSSR count).